The predicted octanol–water partition coefficient (Wildman–Crippen LogP) is 1.18. The maximum absolute atomic E-state index is 11.4. The molecule has 0 radical (unpaired) electrons. The summed E-state index contributed by atoms with van der Waals surface area (Å²) in [6, 6.07) is 5.76. The number of hydrogen-bond donors (Lipinski definition) is 1. The zero-order chi connectivity index (χ0) is 11.4. The van der Waals surface area contributed by atoms with Crippen LogP contribution in [-0.4, -0.2) is 21.8 Å². The fraction of sp³-hybridized carbons (Fsp3) is 0.167. The molecule has 0 unspecified atom stereocenters. The summed E-state index contributed by atoms with van der Waals surface area (Å²) >= 11 is 0. The van der Waals surface area contributed by atoms with Crippen molar-refractivity contribution in [3.63, 3.8) is 0 Å². The van der Waals surface area contributed by atoms with Gasteiger partial charge in [-0.05, 0) is 12.1 Å². The third kappa shape index (κ3) is 2.28. The molecule has 0 aromatic carbocycles. The highest BCUT2D eigenvalue weighted by atomic mass is 16.1. The average Bonchev–Trinajstić information content (AvgIpc) is 2.68. The first-order valence-corrected chi connectivity index (χ1v) is 5.10. The van der Waals surface area contributed by atoms with Crippen molar-refractivity contribution in [1.29, 1.82) is 0 Å². The van der Waals surface area contributed by atoms with Crippen LogP contribution in [0.5, 0.6) is 0 Å². The van der Waals surface area contributed by atoms with E-state index in [2.05, 4.69) is 16.9 Å². The minimum atomic E-state index is -0.0386. The van der Waals surface area contributed by atoms with Crippen LogP contribution in [0.15, 0.2) is 43.2 Å². The number of imidazole rings is 1. The van der Waals surface area contributed by atoms with E-state index in [4.69, 9.17) is 0 Å². The van der Waals surface area contributed by atoms with Gasteiger partial charge in [0, 0.05) is 18.9 Å². The monoisotopic (exact) mass is 215 g/mol. The van der Waals surface area contributed by atoms with Crippen LogP contribution >= 0.6 is 0 Å². The molecular weight excluding hydrogens is 202 g/mol. The summed E-state index contributed by atoms with van der Waals surface area (Å²) < 4.78 is 1.90. The summed E-state index contributed by atoms with van der Waals surface area (Å²) in [4.78, 5) is 15.8. The van der Waals surface area contributed by atoms with Crippen LogP contribution in [0.4, 0.5) is 0 Å². The Bertz CT molecular complexity index is 483. The van der Waals surface area contributed by atoms with Gasteiger partial charge in [-0.2, -0.15) is 0 Å². The van der Waals surface area contributed by atoms with Crippen LogP contribution in [0.25, 0.3) is 5.65 Å². The molecule has 0 saturated heterocycles. The fourth-order valence-corrected chi connectivity index (χ4v) is 1.49. The molecular formula is C12H13N3O. The van der Waals surface area contributed by atoms with E-state index >= 15 is 0 Å². The Morgan fingerprint density at radius 3 is 3.19 bits per heavy atom. The lowest BCUT2D eigenvalue weighted by atomic mass is 10.3. The molecule has 0 aliphatic rings. The highest BCUT2D eigenvalue weighted by Gasteiger charge is 2.05. The van der Waals surface area contributed by atoms with E-state index in [1.807, 2.05) is 35.0 Å². The number of pyridine rings is 1. The summed E-state index contributed by atoms with van der Waals surface area (Å²) in [6.45, 7) is 4.03. The summed E-state index contributed by atoms with van der Waals surface area (Å²) in [5.74, 6) is -0.0386. The van der Waals surface area contributed by atoms with Crippen LogP contribution in [0.1, 0.15) is 5.69 Å². The maximum Gasteiger partial charge on any atom is 0.226 e. The molecule has 4 nitrogen and oxygen atoms in total. The van der Waals surface area contributed by atoms with Crippen LogP contribution in [-0.2, 0) is 11.2 Å². The Morgan fingerprint density at radius 2 is 2.44 bits per heavy atom. The van der Waals surface area contributed by atoms with Crippen molar-refractivity contribution in [1.82, 2.24) is 14.7 Å². The second kappa shape index (κ2) is 4.61. The lowest BCUT2D eigenvalue weighted by Gasteiger charge is -1.98. The molecule has 0 aliphatic heterocycles. The van der Waals surface area contributed by atoms with Gasteiger partial charge in [-0.15, -0.1) is 6.58 Å². The number of carbonyl (C=O) groups is 1. The lowest BCUT2D eigenvalue weighted by Crippen LogP contribution is -2.25. The summed E-state index contributed by atoms with van der Waals surface area (Å²) in [5.41, 5.74) is 1.63. The van der Waals surface area contributed by atoms with Crippen molar-refractivity contribution < 1.29 is 4.79 Å². The number of amides is 1. The molecule has 0 spiro atoms. The van der Waals surface area contributed by atoms with Gasteiger partial charge < -0.3 is 9.72 Å². The summed E-state index contributed by atoms with van der Waals surface area (Å²) in [6.07, 6.45) is 5.73. The topological polar surface area (TPSA) is 46.4 Å². The summed E-state index contributed by atoms with van der Waals surface area (Å²) in [7, 11) is 0. The van der Waals surface area contributed by atoms with Gasteiger partial charge in [-0.3, -0.25) is 4.79 Å². The van der Waals surface area contributed by atoms with Crippen molar-refractivity contribution in [2.24, 2.45) is 0 Å². The Balaban J connectivity index is 2.09. The molecule has 2 aromatic heterocycles. The molecule has 0 fully saturated rings. The standard InChI is InChI=1S/C12H13N3O/c1-2-6-13-12(16)8-10-9-15-7-4-3-5-11(15)14-10/h2-5,7,9H,1,6,8H2,(H,13,16). The zero-order valence-electron chi connectivity index (χ0n) is 8.89. The Morgan fingerprint density at radius 1 is 1.56 bits per heavy atom. The molecule has 1 amide bonds. The van der Waals surface area contributed by atoms with E-state index in [9.17, 15) is 4.79 Å². The number of nitrogens with one attached hydrogen (secondary N) is 1. The van der Waals surface area contributed by atoms with Crippen LogP contribution in [0, 0.1) is 0 Å². The van der Waals surface area contributed by atoms with Crippen molar-refractivity contribution >= 4 is 11.6 Å². The quantitative estimate of drug-likeness (QED) is 0.778. The van der Waals surface area contributed by atoms with Crippen LogP contribution in [0.2, 0.25) is 0 Å². The van der Waals surface area contributed by atoms with Crippen LogP contribution in [0.3, 0.4) is 0 Å². The van der Waals surface area contributed by atoms with Gasteiger partial charge in [0.2, 0.25) is 5.91 Å². The highest BCUT2D eigenvalue weighted by molar-refractivity contribution is 5.78. The highest BCUT2D eigenvalue weighted by Crippen LogP contribution is 2.04. The third-order valence-corrected chi connectivity index (χ3v) is 2.20. The fourth-order valence-electron chi connectivity index (χ4n) is 1.49. The number of nitrogens with zero attached hydrogens (tertiary/aromatic N) is 2. The van der Waals surface area contributed by atoms with E-state index < -0.39 is 0 Å². The van der Waals surface area contributed by atoms with E-state index in [0.717, 1.165) is 11.3 Å². The van der Waals surface area contributed by atoms with Gasteiger partial charge in [0.25, 0.3) is 0 Å². The molecule has 2 heterocycles. The number of fused-ring (bicyclic) bond motifs is 1. The molecule has 2 rings (SSSR count). The Kier molecular flexibility index (Phi) is 3.00. The largest absolute Gasteiger partial charge is 0.352 e. The predicted molar refractivity (Wildman–Crippen MR) is 62.1 cm³/mol. The summed E-state index contributed by atoms with van der Waals surface area (Å²) in [5, 5.41) is 2.72. The van der Waals surface area contributed by atoms with Crippen molar-refractivity contribution in [2.45, 2.75) is 6.42 Å². The normalized spacial score (nSPS) is 10.2. The van der Waals surface area contributed by atoms with Crippen molar-refractivity contribution in [2.75, 3.05) is 6.54 Å². The lowest BCUT2D eigenvalue weighted by molar-refractivity contribution is -0.120. The first-order chi connectivity index (χ1) is 7.79. The SMILES string of the molecule is C=CCNC(=O)Cc1cn2ccccc2n1. The number of aromatic nitrogens is 2. The molecule has 0 atom stereocenters. The van der Waals surface area contributed by atoms with E-state index in [1.165, 1.54) is 0 Å². The minimum absolute atomic E-state index is 0.0386. The van der Waals surface area contributed by atoms with Gasteiger partial charge in [0.1, 0.15) is 5.65 Å². The van der Waals surface area contributed by atoms with Crippen molar-refractivity contribution in [3.05, 3.63) is 48.9 Å². The second-order valence-electron chi connectivity index (χ2n) is 3.47. The van der Waals surface area contributed by atoms with Gasteiger partial charge in [-0.1, -0.05) is 12.1 Å². The molecule has 0 saturated carbocycles. The number of hydrogen-bond acceptors (Lipinski definition) is 2. The zero-order valence-corrected chi connectivity index (χ0v) is 8.89. The molecule has 1 N–H and O–H groups in total. The number of rotatable bonds is 4. The van der Waals surface area contributed by atoms with Crippen LogP contribution < -0.4 is 5.32 Å². The van der Waals surface area contributed by atoms with Gasteiger partial charge in [0.15, 0.2) is 0 Å². The molecule has 2 aromatic rings. The first-order valence-electron chi connectivity index (χ1n) is 5.10. The Hall–Kier alpha value is -2.10. The Labute approximate surface area is 93.6 Å². The molecule has 4 heteroatoms. The smallest absolute Gasteiger partial charge is 0.226 e. The number of carbonyl (C=O) groups excluding carboxylic acids is 1. The minimum Gasteiger partial charge on any atom is -0.352 e. The van der Waals surface area contributed by atoms with E-state index in [-0.39, 0.29) is 5.91 Å². The third-order valence-electron chi connectivity index (χ3n) is 2.20. The molecule has 82 valence electrons. The van der Waals surface area contributed by atoms with E-state index in [1.54, 1.807) is 6.08 Å². The van der Waals surface area contributed by atoms with Gasteiger partial charge in [-0.25, -0.2) is 4.98 Å². The molecule has 16 heavy (non-hydrogen) atoms. The van der Waals surface area contributed by atoms with E-state index in [0.29, 0.717) is 13.0 Å². The second-order valence-corrected chi connectivity index (χ2v) is 3.47. The van der Waals surface area contributed by atoms with Crippen molar-refractivity contribution in [3.8, 4) is 0 Å². The average molecular weight is 215 g/mol. The maximum atomic E-state index is 11.4. The molecule has 0 bridgehead atoms. The molecule has 0 aliphatic carbocycles. The first kappa shape index (κ1) is 10.4. The van der Waals surface area contributed by atoms with Gasteiger partial charge >= 0.3 is 0 Å². The van der Waals surface area contributed by atoms with Gasteiger partial charge in [0.05, 0.1) is 12.1 Å².